The van der Waals surface area contributed by atoms with Crippen molar-refractivity contribution in [2.75, 3.05) is 56.3 Å². The first kappa shape index (κ1) is 26.2. The van der Waals surface area contributed by atoms with Crippen LogP contribution in [0.5, 0.6) is 0 Å². The zero-order valence-electron chi connectivity index (χ0n) is 20.2. The summed E-state index contributed by atoms with van der Waals surface area (Å²) in [6.45, 7) is 8.34. The van der Waals surface area contributed by atoms with E-state index < -0.39 is 12.0 Å². The molecule has 0 saturated carbocycles. The number of alkyl halides is 2. The number of piperidine rings is 1. The number of rotatable bonds is 8. The number of anilines is 2. The minimum absolute atomic E-state index is 0.0198. The van der Waals surface area contributed by atoms with Crippen LogP contribution in [-0.4, -0.2) is 80.7 Å². The van der Waals surface area contributed by atoms with Crippen molar-refractivity contribution in [3.8, 4) is 11.3 Å². The molecule has 0 radical (unpaired) electrons. The standard InChI is InChI=1S/C25H30ClF2N5O3/c1-17(24(34)33-9-7-25(27,28)8-10-33)36-16-30-21-15-20(26)22(31-23(21)29-2)18-3-5-19(6-4-18)32-11-13-35-14-12-32/h3-6,15,17,30H,2,7-14,16H2,1H3. The van der Waals surface area contributed by atoms with Crippen LogP contribution >= 0.6 is 11.6 Å². The summed E-state index contributed by atoms with van der Waals surface area (Å²) < 4.78 is 37.7. The van der Waals surface area contributed by atoms with Gasteiger partial charge >= 0.3 is 0 Å². The Morgan fingerprint density at radius 3 is 2.56 bits per heavy atom. The molecule has 8 nitrogen and oxygen atoms in total. The number of carbonyl (C=O) groups excluding carboxylic acids is 1. The Hall–Kier alpha value is -2.82. The third-order valence-corrected chi connectivity index (χ3v) is 6.66. The molecule has 11 heteroatoms. The summed E-state index contributed by atoms with van der Waals surface area (Å²) in [5, 5.41) is 3.44. The van der Waals surface area contributed by atoms with Gasteiger partial charge in [0.05, 0.1) is 29.6 Å². The molecular weight excluding hydrogens is 492 g/mol. The van der Waals surface area contributed by atoms with Gasteiger partial charge in [-0.1, -0.05) is 23.7 Å². The molecule has 194 valence electrons. The molecule has 0 aliphatic carbocycles. The van der Waals surface area contributed by atoms with Gasteiger partial charge in [0.2, 0.25) is 0 Å². The van der Waals surface area contributed by atoms with Gasteiger partial charge in [-0.2, -0.15) is 0 Å². The number of hydrogen-bond donors (Lipinski definition) is 1. The van der Waals surface area contributed by atoms with Crippen molar-refractivity contribution < 1.29 is 23.0 Å². The number of benzene rings is 1. The lowest BCUT2D eigenvalue weighted by molar-refractivity contribution is -0.148. The second kappa shape index (κ2) is 11.5. The molecule has 3 heterocycles. The fourth-order valence-corrected chi connectivity index (χ4v) is 4.47. The number of nitrogens with zero attached hydrogens (tertiary/aromatic N) is 4. The first-order valence-electron chi connectivity index (χ1n) is 11.9. The maximum Gasteiger partial charge on any atom is 0.251 e. The molecule has 0 spiro atoms. The van der Waals surface area contributed by atoms with Crippen molar-refractivity contribution in [1.82, 2.24) is 9.88 Å². The molecule has 1 atom stereocenters. The van der Waals surface area contributed by atoms with Crippen LogP contribution in [0.2, 0.25) is 5.02 Å². The summed E-state index contributed by atoms with van der Waals surface area (Å²) in [6, 6.07) is 9.67. The van der Waals surface area contributed by atoms with E-state index in [1.165, 1.54) is 4.90 Å². The third kappa shape index (κ3) is 6.29. The molecule has 2 fully saturated rings. The molecule has 1 aromatic carbocycles. The molecule has 2 aromatic rings. The predicted octanol–water partition coefficient (Wildman–Crippen LogP) is 4.60. The number of pyridine rings is 1. The van der Waals surface area contributed by atoms with Crippen LogP contribution in [0, 0.1) is 0 Å². The van der Waals surface area contributed by atoms with Crippen LogP contribution in [0.15, 0.2) is 35.3 Å². The lowest BCUT2D eigenvalue weighted by Gasteiger charge is -2.33. The number of aromatic nitrogens is 1. The molecule has 2 aliphatic rings. The summed E-state index contributed by atoms with van der Waals surface area (Å²) >= 11 is 6.54. The van der Waals surface area contributed by atoms with Gasteiger partial charge < -0.3 is 24.6 Å². The molecular formula is C25H30ClF2N5O3. The third-order valence-electron chi connectivity index (χ3n) is 6.37. The Kier molecular flexibility index (Phi) is 8.38. The number of hydrogen-bond acceptors (Lipinski definition) is 7. The highest BCUT2D eigenvalue weighted by Gasteiger charge is 2.36. The Morgan fingerprint density at radius 1 is 1.25 bits per heavy atom. The fraction of sp³-hybridized carbons (Fsp3) is 0.480. The molecule has 4 rings (SSSR count). The number of nitrogens with one attached hydrogen (secondary N) is 1. The van der Waals surface area contributed by atoms with Crippen LogP contribution in [-0.2, 0) is 14.3 Å². The first-order valence-corrected chi connectivity index (χ1v) is 12.3. The van der Waals surface area contributed by atoms with Gasteiger partial charge in [-0.25, -0.2) is 18.8 Å². The largest absolute Gasteiger partial charge is 0.378 e. The SMILES string of the molecule is C=Nc1nc(-c2ccc(N3CCOCC3)cc2)c(Cl)cc1NCOC(C)C(=O)N1CCC(F)(F)CC1. The molecule has 36 heavy (non-hydrogen) atoms. The maximum absolute atomic E-state index is 13.4. The van der Waals surface area contributed by atoms with Crippen LogP contribution in [0.4, 0.5) is 26.0 Å². The van der Waals surface area contributed by atoms with Gasteiger partial charge in [0.1, 0.15) is 12.8 Å². The van der Waals surface area contributed by atoms with Crippen molar-refractivity contribution in [3.63, 3.8) is 0 Å². The number of halogens is 3. The van der Waals surface area contributed by atoms with Gasteiger partial charge in [0.25, 0.3) is 11.8 Å². The molecule has 1 amide bonds. The summed E-state index contributed by atoms with van der Waals surface area (Å²) in [4.78, 5) is 24.8. The summed E-state index contributed by atoms with van der Waals surface area (Å²) in [5.74, 6) is -2.69. The van der Waals surface area contributed by atoms with Crippen molar-refractivity contribution in [2.24, 2.45) is 4.99 Å². The van der Waals surface area contributed by atoms with Crippen LogP contribution in [0.1, 0.15) is 19.8 Å². The number of amides is 1. The van der Waals surface area contributed by atoms with E-state index in [2.05, 4.69) is 26.9 Å². The minimum atomic E-state index is -2.71. The number of ether oxygens (including phenoxy) is 2. The Balaban J connectivity index is 1.36. The molecule has 1 aromatic heterocycles. The van der Waals surface area contributed by atoms with E-state index in [4.69, 9.17) is 21.1 Å². The summed E-state index contributed by atoms with van der Waals surface area (Å²) in [6.07, 6.45) is -1.45. The second-order valence-electron chi connectivity index (χ2n) is 8.81. The zero-order chi connectivity index (χ0) is 25.7. The highest BCUT2D eigenvalue weighted by Crippen LogP contribution is 2.35. The molecule has 2 saturated heterocycles. The van der Waals surface area contributed by atoms with Crippen LogP contribution < -0.4 is 10.2 Å². The number of morpholine rings is 1. The average Bonchev–Trinajstić information content (AvgIpc) is 2.89. The number of aliphatic imine (C=N–C) groups is 1. The Labute approximate surface area is 214 Å². The van der Waals surface area contributed by atoms with Crippen molar-refractivity contribution in [3.05, 3.63) is 35.4 Å². The normalized spacial score (nSPS) is 18.6. The van der Waals surface area contributed by atoms with Gasteiger partial charge in [0, 0.05) is 50.3 Å². The van der Waals surface area contributed by atoms with Crippen LogP contribution in [0.3, 0.4) is 0 Å². The van der Waals surface area contributed by atoms with E-state index in [0.717, 1.165) is 24.3 Å². The number of carbonyl (C=O) groups is 1. The van der Waals surface area contributed by atoms with Crippen LogP contribution in [0.25, 0.3) is 11.3 Å². The molecule has 1 unspecified atom stereocenters. The molecule has 2 aliphatic heterocycles. The molecule has 0 bridgehead atoms. The van der Waals surface area contributed by atoms with Gasteiger partial charge in [-0.05, 0) is 31.8 Å². The summed E-state index contributed by atoms with van der Waals surface area (Å²) in [7, 11) is 0. The highest BCUT2D eigenvalue weighted by atomic mass is 35.5. The van der Waals surface area contributed by atoms with Crippen molar-refractivity contribution in [1.29, 1.82) is 0 Å². The predicted molar refractivity (Wildman–Crippen MR) is 137 cm³/mol. The first-order chi connectivity index (χ1) is 17.3. The van der Waals surface area contributed by atoms with Gasteiger partial charge in [-0.3, -0.25) is 4.79 Å². The average molecular weight is 522 g/mol. The Morgan fingerprint density at radius 2 is 1.92 bits per heavy atom. The zero-order valence-corrected chi connectivity index (χ0v) is 20.9. The van der Waals surface area contributed by atoms with Gasteiger partial charge in [0.15, 0.2) is 5.82 Å². The van der Waals surface area contributed by atoms with Crippen molar-refractivity contribution >= 4 is 41.4 Å². The number of likely N-dealkylation sites (tertiary alicyclic amines) is 1. The van der Waals surface area contributed by atoms with E-state index in [9.17, 15) is 13.6 Å². The van der Waals surface area contributed by atoms with E-state index in [-0.39, 0.29) is 38.6 Å². The fourth-order valence-electron chi connectivity index (χ4n) is 4.21. The van der Waals surface area contributed by atoms with E-state index in [0.29, 0.717) is 35.4 Å². The molecule has 1 N–H and O–H groups in total. The Bertz CT molecular complexity index is 1070. The summed E-state index contributed by atoms with van der Waals surface area (Å²) in [5.41, 5.74) is 3.03. The van der Waals surface area contributed by atoms with E-state index in [1.54, 1.807) is 13.0 Å². The topological polar surface area (TPSA) is 79.3 Å². The maximum atomic E-state index is 13.4. The lowest BCUT2D eigenvalue weighted by atomic mass is 10.1. The van der Waals surface area contributed by atoms with Gasteiger partial charge in [-0.15, -0.1) is 0 Å². The lowest BCUT2D eigenvalue weighted by Crippen LogP contribution is -2.46. The minimum Gasteiger partial charge on any atom is -0.378 e. The highest BCUT2D eigenvalue weighted by molar-refractivity contribution is 6.33. The second-order valence-corrected chi connectivity index (χ2v) is 9.21. The van der Waals surface area contributed by atoms with E-state index >= 15 is 0 Å². The van der Waals surface area contributed by atoms with Crippen molar-refractivity contribution in [2.45, 2.75) is 31.8 Å². The quantitative estimate of drug-likeness (QED) is 0.404. The van der Waals surface area contributed by atoms with E-state index in [1.807, 2.05) is 24.3 Å². The smallest absolute Gasteiger partial charge is 0.251 e. The monoisotopic (exact) mass is 521 g/mol.